The third-order valence-corrected chi connectivity index (χ3v) is 4.14. The number of rotatable bonds is 2. The zero-order valence-electron chi connectivity index (χ0n) is 13.8. The zero-order chi connectivity index (χ0) is 16.6. The van der Waals surface area contributed by atoms with E-state index in [9.17, 15) is 5.26 Å². The van der Waals surface area contributed by atoms with Gasteiger partial charge in [-0.3, -0.25) is 0 Å². The van der Waals surface area contributed by atoms with E-state index in [1.165, 1.54) is 16.7 Å². The summed E-state index contributed by atoms with van der Waals surface area (Å²) in [6.07, 6.45) is 0. The maximum atomic E-state index is 9.41. The Morgan fingerprint density at radius 1 is 0.913 bits per heavy atom. The molecule has 3 rings (SSSR count). The van der Waals surface area contributed by atoms with Crippen LogP contribution in [0.15, 0.2) is 36.4 Å². The number of hydrogen-bond donors (Lipinski definition) is 0. The van der Waals surface area contributed by atoms with Gasteiger partial charge in [0.25, 0.3) is 0 Å². The molecular weight excluding hydrogens is 284 g/mol. The second-order valence-electron chi connectivity index (χ2n) is 5.90. The fourth-order valence-corrected chi connectivity index (χ4v) is 2.72. The minimum absolute atomic E-state index is 0.341. The predicted octanol–water partition coefficient (Wildman–Crippen LogP) is 4.04. The van der Waals surface area contributed by atoms with Crippen molar-refractivity contribution in [2.45, 2.75) is 27.7 Å². The summed E-state index contributed by atoms with van der Waals surface area (Å²) in [7, 11) is 0. The first kappa shape index (κ1) is 15.0. The lowest BCUT2D eigenvalue weighted by Crippen LogP contribution is -2.02. The summed E-state index contributed by atoms with van der Waals surface area (Å²) in [5.74, 6) is 0. The highest BCUT2D eigenvalue weighted by atomic mass is 15.4. The monoisotopic (exact) mass is 302 g/mol. The summed E-state index contributed by atoms with van der Waals surface area (Å²) in [6.45, 7) is 8.24. The van der Waals surface area contributed by atoms with Crippen LogP contribution in [0.1, 0.15) is 27.9 Å². The number of aromatic nitrogens is 3. The number of benzene rings is 2. The maximum absolute atomic E-state index is 9.41. The minimum Gasteiger partial charge on any atom is -0.211 e. The van der Waals surface area contributed by atoms with E-state index in [0.717, 1.165) is 22.5 Å². The van der Waals surface area contributed by atoms with E-state index < -0.39 is 0 Å². The van der Waals surface area contributed by atoms with Crippen LogP contribution in [0.3, 0.4) is 0 Å². The Bertz CT molecular complexity index is 929. The van der Waals surface area contributed by atoms with Crippen LogP contribution in [0.2, 0.25) is 0 Å². The van der Waals surface area contributed by atoms with E-state index in [1.54, 1.807) is 4.68 Å². The van der Waals surface area contributed by atoms with Gasteiger partial charge in [0, 0.05) is 5.56 Å². The van der Waals surface area contributed by atoms with Crippen molar-refractivity contribution in [3.8, 4) is 23.0 Å². The molecule has 114 valence electrons. The summed E-state index contributed by atoms with van der Waals surface area (Å²) < 4.78 is 1.76. The molecule has 0 saturated heterocycles. The molecule has 1 heterocycles. The molecule has 0 atom stereocenters. The third-order valence-electron chi connectivity index (χ3n) is 4.14. The summed E-state index contributed by atoms with van der Waals surface area (Å²) in [5.41, 5.74) is 7.67. The van der Waals surface area contributed by atoms with Crippen molar-refractivity contribution >= 4 is 0 Å². The number of nitrogens with zero attached hydrogens (tertiary/aromatic N) is 4. The molecule has 0 aliphatic rings. The molecule has 0 spiro atoms. The first-order chi connectivity index (χ1) is 11.0. The number of aryl methyl sites for hydroxylation is 4. The smallest absolute Gasteiger partial charge is 0.191 e. The molecule has 0 N–H and O–H groups in total. The maximum Gasteiger partial charge on any atom is 0.191 e. The van der Waals surface area contributed by atoms with Crippen LogP contribution in [0, 0.1) is 39.0 Å². The Morgan fingerprint density at radius 2 is 1.70 bits per heavy atom. The third kappa shape index (κ3) is 2.62. The van der Waals surface area contributed by atoms with Crippen LogP contribution in [0.4, 0.5) is 0 Å². The van der Waals surface area contributed by atoms with E-state index in [0.29, 0.717) is 5.69 Å². The lowest BCUT2D eigenvalue weighted by Gasteiger charge is -2.11. The Hall–Kier alpha value is -2.93. The van der Waals surface area contributed by atoms with Gasteiger partial charge in [-0.05, 0) is 56.5 Å². The predicted molar refractivity (Wildman–Crippen MR) is 90.5 cm³/mol. The molecule has 4 nitrogen and oxygen atoms in total. The molecule has 0 unspecified atom stereocenters. The summed E-state index contributed by atoms with van der Waals surface area (Å²) in [6, 6.07) is 14.5. The molecule has 23 heavy (non-hydrogen) atoms. The second kappa shape index (κ2) is 5.69. The molecule has 2 aromatic carbocycles. The summed E-state index contributed by atoms with van der Waals surface area (Å²) in [4.78, 5) is 0. The van der Waals surface area contributed by atoms with Crippen LogP contribution < -0.4 is 0 Å². The summed E-state index contributed by atoms with van der Waals surface area (Å²) >= 11 is 0. The van der Waals surface area contributed by atoms with Crippen molar-refractivity contribution in [2.24, 2.45) is 0 Å². The van der Waals surface area contributed by atoms with Crippen molar-refractivity contribution in [2.75, 3.05) is 0 Å². The Morgan fingerprint density at radius 3 is 2.35 bits per heavy atom. The van der Waals surface area contributed by atoms with Crippen molar-refractivity contribution in [1.29, 1.82) is 5.26 Å². The van der Waals surface area contributed by atoms with Gasteiger partial charge in [-0.1, -0.05) is 35.0 Å². The Kier molecular flexibility index (Phi) is 3.71. The van der Waals surface area contributed by atoms with Gasteiger partial charge in [0.05, 0.1) is 5.69 Å². The van der Waals surface area contributed by atoms with Gasteiger partial charge < -0.3 is 0 Å². The van der Waals surface area contributed by atoms with Crippen molar-refractivity contribution in [3.05, 3.63) is 64.3 Å². The highest BCUT2D eigenvalue weighted by Gasteiger charge is 2.17. The fraction of sp³-hybridized carbons (Fsp3) is 0.211. The van der Waals surface area contributed by atoms with Gasteiger partial charge in [0.1, 0.15) is 11.8 Å². The number of nitriles is 1. The second-order valence-corrected chi connectivity index (χ2v) is 5.90. The normalized spacial score (nSPS) is 10.6. The van der Waals surface area contributed by atoms with E-state index >= 15 is 0 Å². The lowest BCUT2D eigenvalue weighted by atomic mass is 10.0. The zero-order valence-corrected chi connectivity index (χ0v) is 13.8. The Balaban J connectivity index is 2.26. The molecule has 0 aliphatic heterocycles. The largest absolute Gasteiger partial charge is 0.211 e. The van der Waals surface area contributed by atoms with Gasteiger partial charge in [-0.2, -0.15) is 5.26 Å². The first-order valence-corrected chi connectivity index (χ1v) is 7.52. The van der Waals surface area contributed by atoms with E-state index in [2.05, 4.69) is 55.4 Å². The standard InChI is InChI=1S/C19H18N4/c1-12-5-8-18(15(4)9-12)23-19(17(11-20)21-22-23)16-7-6-13(2)14(3)10-16/h5-10H,1-4H3. The Labute approximate surface area is 136 Å². The van der Waals surface area contributed by atoms with E-state index in [1.807, 2.05) is 25.1 Å². The lowest BCUT2D eigenvalue weighted by molar-refractivity contribution is 0.801. The molecule has 0 saturated carbocycles. The van der Waals surface area contributed by atoms with Gasteiger partial charge in [-0.25, -0.2) is 4.68 Å². The van der Waals surface area contributed by atoms with E-state index in [4.69, 9.17) is 0 Å². The van der Waals surface area contributed by atoms with Crippen molar-refractivity contribution < 1.29 is 0 Å². The molecule has 4 heteroatoms. The number of hydrogen-bond acceptors (Lipinski definition) is 3. The molecule has 0 radical (unpaired) electrons. The molecule has 0 bridgehead atoms. The minimum atomic E-state index is 0.341. The van der Waals surface area contributed by atoms with Crippen LogP contribution in [0.25, 0.3) is 16.9 Å². The topological polar surface area (TPSA) is 54.5 Å². The van der Waals surface area contributed by atoms with Gasteiger partial charge in [-0.15, -0.1) is 5.10 Å². The van der Waals surface area contributed by atoms with E-state index in [-0.39, 0.29) is 0 Å². The van der Waals surface area contributed by atoms with Gasteiger partial charge in [0.15, 0.2) is 5.69 Å². The molecular formula is C19H18N4. The highest BCUT2D eigenvalue weighted by molar-refractivity contribution is 5.68. The van der Waals surface area contributed by atoms with Crippen LogP contribution in [-0.2, 0) is 0 Å². The van der Waals surface area contributed by atoms with Crippen molar-refractivity contribution in [1.82, 2.24) is 15.0 Å². The fourth-order valence-electron chi connectivity index (χ4n) is 2.72. The van der Waals surface area contributed by atoms with Crippen LogP contribution in [0.5, 0.6) is 0 Å². The SMILES string of the molecule is Cc1ccc(-n2nnc(C#N)c2-c2ccc(C)c(C)c2)c(C)c1. The first-order valence-electron chi connectivity index (χ1n) is 7.52. The quantitative estimate of drug-likeness (QED) is 0.718. The molecule has 0 aliphatic carbocycles. The summed E-state index contributed by atoms with van der Waals surface area (Å²) in [5, 5.41) is 17.7. The highest BCUT2D eigenvalue weighted by Crippen LogP contribution is 2.28. The molecule has 1 aromatic heterocycles. The molecule has 0 amide bonds. The van der Waals surface area contributed by atoms with Gasteiger partial charge in [0.2, 0.25) is 0 Å². The van der Waals surface area contributed by atoms with Gasteiger partial charge >= 0.3 is 0 Å². The molecule has 0 fully saturated rings. The van der Waals surface area contributed by atoms with Crippen molar-refractivity contribution in [3.63, 3.8) is 0 Å². The average Bonchev–Trinajstić information content (AvgIpc) is 2.93. The van der Waals surface area contributed by atoms with Crippen LogP contribution in [-0.4, -0.2) is 15.0 Å². The molecule has 3 aromatic rings. The van der Waals surface area contributed by atoms with Crippen LogP contribution >= 0.6 is 0 Å². The average molecular weight is 302 g/mol.